The van der Waals surface area contributed by atoms with E-state index in [-0.39, 0.29) is 17.7 Å². The van der Waals surface area contributed by atoms with Gasteiger partial charge in [-0.15, -0.1) is 0 Å². The van der Waals surface area contributed by atoms with Gasteiger partial charge in [0, 0.05) is 19.2 Å². The number of halogens is 1. The van der Waals surface area contributed by atoms with Crippen molar-refractivity contribution in [2.75, 3.05) is 13.1 Å². The highest BCUT2D eigenvalue weighted by Gasteiger charge is 2.27. The Bertz CT molecular complexity index is 620. The van der Waals surface area contributed by atoms with Crippen LogP contribution in [0.2, 0.25) is 0 Å². The van der Waals surface area contributed by atoms with Crippen LogP contribution in [0, 0.1) is 21.8 Å². The predicted octanol–water partition coefficient (Wildman–Crippen LogP) is 3.92. The Kier molecular flexibility index (Phi) is 5.41. The molecule has 1 aromatic rings. The number of likely N-dealkylation sites (tertiary alicyclic amines) is 1. The third-order valence-electron chi connectivity index (χ3n) is 4.02. The Balaban J connectivity index is 1.89. The summed E-state index contributed by atoms with van der Waals surface area (Å²) in [4.78, 5) is 23.7. The van der Waals surface area contributed by atoms with Gasteiger partial charge in [-0.05, 0) is 57.6 Å². The summed E-state index contributed by atoms with van der Waals surface area (Å²) in [5, 5.41) is 10.6. The molecule has 0 bridgehead atoms. The molecule has 6 nitrogen and oxygen atoms in total. The summed E-state index contributed by atoms with van der Waals surface area (Å²) in [6.07, 6.45) is 1.72. The van der Waals surface area contributed by atoms with Gasteiger partial charge in [0.05, 0.1) is 11.0 Å². The first-order valence-corrected chi connectivity index (χ1v) is 8.06. The number of amides is 1. The van der Waals surface area contributed by atoms with Gasteiger partial charge in [-0.1, -0.05) is 0 Å². The number of carbonyl (C=O) groups excluding carboxylic acids is 1. The minimum absolute atomic E-state index is 0.240. The fourth-order valence-electron chi connectivity index (χ4n) is 2.77. The van der Waals surface area contributed by atoms with Gasteiger partial charge in [-0.2, -0.15) is 0 Å². The van der Waals surface area contributed by atoms with Crippen molar-refractivity contribution in [1.82, 2.24) is 4.90 Å². The van der Waals surface area contributed by atoms with Crippen LogP contribution in [0.25, 0.3) is 0 Å². The predicted molar refractivity (Wildman–Crippen MR) is 87.3 cm³/mol. The summed E-state index contributed by atoms with van der Waals surface area (Å²) in [7, 11) is 0. The van der Waals surface area contributed by atoms with Crippen LogP contribution in [0.1, 0.15) is 39.2 Å². The quantitative estimate of drug-likeness (QED) is 0.618. The zero-order valence-corrected chi connectivity index (χ0v) is 14.3. The summed E-state index contributed by atoms with van der Waals surface area (Å²) >= 11 is 0. The first-order valence-electron chi connectivity index (χ1n) is 8.06. The third-order valence-corrected chi connectivity index (χ3v) is 4.02. The standard InChI is InChI=1S/C17H23FN2O4/c1-17(2,3)24-16(21)19-8-6-12(7-9-19)10-13-4-5-14(20(22)23)11-15(13)18/h4-5,11-12H,6-10H2,1-3H3. The lowest BCUT2D eigenvalue weighted by Crippen LogP contribution is -2.42. The maximum absolute atomic E-state index is 14.0. The number of benzene rings is 1. The van der Waals surface area contributed by atoms with Crippen molar-refractivity contribution in [1.29, 1.82) is 0 Å². The largest absolute Gasteiger partial charge is 0.444 e. The molecule has 1 amide bonds. The van der Waals surface area contributed by atoms with E-state index in [1.54, 1.807) is 4.90 Å². The number of nitro groups is 1. The van der Waals surface area contributed by atoms with E-state index >= 15 is 0 Å². The number of non-ortho nitro benzene ring substituents is 1. The van der Waals surface area contributed by atoms with Crippen LogP contribution < -0.4 is 0 Å². The minimum Gasteiger partial charge on any atom is -0.444 e. The molecule has 0 saturated carbocycles. The Labute approximate surface area is 140 Å². The fourth-order valence-corrected chi connectivity index (χ4v) is 2.77. The molecule has 1 saturated heterocycles. The number of piperidine rings is 1. The molecule has 1 aromatic carbocycles. The number of carbonyl (C=O) groups is 1. The van der Waals surface area contributed by atoms with Crippen LogP contribution >= 0.6 is 0 Å². The van der Waals surface area contributed by atoms with E-state index < -0.39 is 16.3 Å². The smallest absolute Gasteiger partial charge is 0.410 e. The SMILES string of the molecule is CC(C)(C)OC(=O)N1CCC(Cc2ccc([N+](=O)[O-])cc2F)CC1. The van der Waals surface area contributed by atoms with Crippen LogP contribution in [0.4, 0.5) is 14.9 Å². The normalized spacial score (nSPS) is 16.1. The average molecular weight is 338 g/mol. The van der Waals surface area contributed by atoms with Crippen molar-refractivity contribution in [3.05, 3.63) is 39.7 Å². The summed E-state index contributed by atoms with van der Waals surface area (Å²) in [6, 6.07) is 3.77. The molecular weight excluding hydrogens is 315 g/mol. The van der Waals surface area contributed by atoms with Crippen molar-refractivity contribution in [3.8, 4) is 0 Å². The maximum atomic E-state index is 14.0. The van der Waals surface area contributed by atoms with Crippen LogP contribution in [0.3, 0.4) is 0 Å². The molecule has 0 aliphatic carbocycles. The summed E-state index contributed by atoms with van der Waals surface area (Å²) in [5.41, 5.74) is -0.275. The van der Waals surface area contributed by atoms with E-state index in [1.165, 1.54) is 12.1 Å². The topological polar surface area (TPSA) is 72.7 Å². The number of nitrogens with zero attached hydrogens (tertiary/aromatic N) is 2. The monoisotopic (exact) mass is 338 g/mol. The first kappa shape index (κ1) is 18.2. The lowest BCUT2D eigenvalue weighted by Gasteiger charge is -2.33. The van der Waals surface area contributed by atoms with Crippen molar-refractivity contribution in [3.63, 3.8) is 0 Å². The lowest BCUT2D eigenvalue weighted by atomic mass is 9.90. The van der Waals surface area contributed by atoms with Crippen molar-refractivity contribution in [2.45, 2.75) is 45.6 Å². The number of rotatable bonds is 3. The highest BCUT2D eigenvalue weighted by molar-refractivity contribution is 5.68. The Morgan fingerprint density at radius 2 is 2.00 bits per heavy atom. The van der Waals surface area contributed by atoms with E-state index in [9.17, 15) is 19.3 Å². The molecular formula is C17H23FN2O4. The summed E-state index contributed by atoms with van der Waals surface area (Å²) < 4.78 is 19.3. The van der Waals surface area contributed by atoms with E-state index in [4.69, 9.17) is 4.74 Å². The molecule has 1 fully saturated rings. The van der Waals surface area contributed by atoms with Crippen LogP contribution in [-0.2, 0) is 11.2 Å². The van der Waals surface area contributed by atoms with Crippen LogP contribution in [0.5, 0.6) is 0 Å². The Hall–Kier alpha value is -2.18. The van der Waals surface area contributed by atoms with Crippen molar-refractivity contribution in [2.24, 2.45) is 5.92 Å². The first-order chi connectivity index (χ1) is 11.2. The number of hydrogen-bond donors (Lipinski definition) is 0. The molecule has 0 aromatic heterocycles. The number of hydrogen-bond acceptors (Lipinski definition) is 4. The van der Waals surface area contributed by atoms with Crippen LogP contribution in [-0.4, -0.2) is 34.6 Å². The number of ether oxygens (including phenoxy) is 1. The van der Waals surface area contributed by atoms with Crippen molar-refractivity contribution < 1.29 is 18.8 Å². The highest BCUT2D eigenvalue weighted by Crippen LogP contribution is 2.25. The second-order valence-electron chi connectivity index (χ2n) is 7.15. The molecule has 1 aliphatic heterocycles. The van der Waals surface area contributed by atoms with Crippen molar-refractivity contribution >= 4 is 11.8 Å². The van der Waals surface area contributed by atoms with Gasteiger partial charge < -0.3 is 9.64 Å². The maximum Gasteiger partial charge on any atom is 0.410 e. The van der Waals surface area contributed by atoms with E-state index in [0.29, 0.717) is 25.1 Å². The Morgan fingerprint density at radius 1 is 1.38 bits per heavy atom. The third kappa shape index (κ3) is 4.91. The van der Waals surface area contributed by atoms with Crippen LogP contribution in [0.15, 0.2) is 18.2 Å². The molecule has 2 rings (SSSR count). The molecule has 0 N–H and O–H groups in total. The van der Waals surface area contributed by atoms with Gasteiger partial charge in [0.1, 0.15) is 11.4 Å². The molecule has 0 atom stereocenters. The molecule has 132 valence electrons. The van der Waals surface area contributed by atoms with E-state index in [0.717, 1.165) is 18.9 Å². The van der Waals surface area contributed by atoms with E-state index in [2.05, 4.69) is 0 Å². The Morgan fingerprint density at radius 3 is 2.50 bits per heavy atom. The van der Waals surface area contributed by atoms with Gasteiger partial charge in [0.2, 0.25) is 0 Å². The second kappa shape index (κ2) is 7.15. The molecule has 0 radical (unpaired) electrons. The minimum atomic E-state index is -0.605. The van der Waals surface area contributed by atoms with E-state index in [1.807, 2.05) is 20.8 Å². The molecule has 1 heterocycles. The second-order valence-corrected chi connectivity index (χ2v) is 7.15. The van der Waals surface area contributed by atoms with Gasteiger partial charge in [-0.3, -0.25) is 10.1 Å². The zero-order valence-electron chi connectivity index (χ0n) is 14.3. The van der Waals surface area contributed by atoms with Gasteiger partial charge in [-0.25, -0.2) is 9.18 Å². The number of nitro benzene ring substituents is 1. The summed E-state index contributed by atoms with van der Waals surface area (Å²) in [6.45, 7) is 6.64. The van der Waals surface area contributed by atoms with Gasteiger partial charge in [0.25, 0.3) is 5.69 Å². The molecule has 0 spiro atoms. The lowest BCUT2D eigenvalue weighted by molar-refractivity contribution is -0.385. The fraction of sp³-hybridized carbons (Fsp3) is 0.588. The highest BCUT2D eigenvalue weighted by atomic mass is 19.1. The molecule has 7 heteroatoms. The summed E-state index contributed by atoms with van der Waals surface area (Å²) in [5.74, 6) is -0.293. The van der Waals surface area contributed by atoms with Gasteiger partial charge in [0.15, 0.2) is 0 Å². The molecule has 1 aliphatic rings. The average Bonchev–Trinajstić information content (AvgIpc) is 2.48. The zero-order chi connectivity index (χ0) is 17.9. The van der Waals surface area contributed by atoms with Gasteiger partial charge >= 0.3 is 6.09 Å². The molecule has 24 heavy (non-hydrogen) atoms. The molecule has 0 unspecified atom stereocenters.